The summed E-state index contributed by atoms with van der Waals surface area (Å²) in [5, 5.41) is 0. The van der Waals surface area contributed by atoms with Crippen LogP contribution in [0.15, 0.2) is 42.5 Å². The maximum absolute atomic E-state index is 15.0. The molecular formula is C26H30F2. The predicted octanol–water partition coefficient (Wildman–Crippen LogP) is 7.61. The minimum absolute atomic E-state index is 0.128. The lowest BCUT2D eigenvalue weighted by molar-refractivity contribution is 0.304. The number of fused-ring (bicyclic) bond motifs is 1. The summed E-state index contributed by atoms with van der Waals surface area (Å²) in [5.74, 6) is 1.08. The average molecular weight is 381 g/mol. The number of hydrogen-bond acceptors (Lipinski definition) is 0. The zero-order valence-electron chi connectivity index (χ0n) is 16.8. The normalized spacial score (nSPS) is 21.9. The van der Waals surface area contributed by atoms with Crippen molar-refractivity contribution in [1.29, 1.82) is 0 Å². The summed E-state index contributed by atoms with van der Waals surface area (Å²) in [7, 11) is 0. The molecule has 0 radical (unpaired) electrons. The fourth-order valence-corrected chi connectivity index (χ4v) is 5.03. The van der Waals surface area contributed by atoms with Crippen molar-refractivity contribution in [3.05, 3.63) is 76.4 Å². The number of rotatable bonds is 5. The monoisotopic (exact) mass is 380 g/mol. The SMILES string of the molecule is CCCCC1CCC(c2ccc(C3=CCc4c(F)cccc4C3)c(F)c2)CC1. The van der Waals surface area contributed by atoms with E-state index in [1.165, 1.54) is 51.0 Å². The van der Waals surface area contributed by atoms with Crippen LogP contribution in [0.25, 0.3) is 5.57 Å². The zero-order chi connectivity index (χ0) is 19.5. The summed E-state index contributed by atoms with van der Waals surface area (Å²) in [5.41, 5.74) is 4.54. The predicted molar refractivity (Wildman–Crippen MR) is 112 cm³/mol. The van der Waals surface area contributed by atoms with Crippen LogP contribution < -0.4 is 0 Å². The number of unbranched alkanes of at least 4 members (excludes halogenated alkanes) is 1. The topological polar surface area (TPSA) is 0 Å². The van der Waals surface area contributed by atoms with Crippen molar-refractivity contribution in [2.45, 2.75) is 70.6 Å². The van der Waals surface area contributed by atoms with Gasteiger partial charge < -0.3 is 0 Å². The smallest absolute Gasteiger partial charge is 0.130 e. The molecule has 0 spiro atoms. The Morgan fingerprint density at radius 1 is 0.964 bits per heavy atom. The molecule has 28 heavy (non-hydrogen) atoms. The third kappa shape index (κ3) is 4.06. The summed E-state index contributed by atoms with van der Waals surface area (Å²) in [4.78, 5) is 0. The van der Waals surface area contributed by atoms with E-state index in [1.807, 2.05) is 18.2 Å². The number of halogens is 2. The van der Waals surface area contributed by atoms with Gasteiger partial charge in [0.2, 0.25) is 0 Å². The summed E-state index contributed by atoms with van der Waals surface area (Å²) in [6.07, 6.45) is 12.0. The fourth-order valence-electron chi connectivity index (χ4n) is 5.03. The maximum atomic E-state index is 15.0. The molecule has 2 aliphatic rings. The van der Waals surface area contributed by atoms with Gasteiger partial charge in [0, 0.05) is 5.56 Å². The second-order valence-electron chi connectivity index (χ2n) is 8.59. The number of allylic oxidation sites excluding steroid dienone is 2. The molecule has 0 nitrogen and oxygen atoms in total. The van der Waals surface area contributed by atoms with Gasteiger partial charge in [-0.1, -0.05) is 56.5 Å². The zero-order valence-corrected chi connectivity index (χ0v) is 16.8. The van der Waals surface area contributed by atoms with Gasteiger partial charge in [-0.15, -0.1) is 0 Å². The van der Waals surface area contributed by atoms with Crippen molar-refractivity contribution in [3.8, 4) is 0 Å². The van der Waals surface area contributed by atoms with Crippen molar-refractivity contribution in [2.75, 3.05) is 0 Å². The van der Waals surface area contributed by atoms with Crippen LogP contribution in [0, 0.1) is 17.6 Å². The van der Waals surface area contributed by atoms with Crippen LogP contribution in [0.5, 0.6) is 0 Å². The summed E-state index contributed by atoms with van der Waals surface area (Å²) in [6.45, 7) is 2.26. The van der Waals surface area contributed by atoms with E-state index in [9.17, 15) is 8.78 Å². The van der Waals surface area contributed by atoms with Gasteiger partial charge in [-0.05, 0) is 84.8 Å². The first-order valence-corrected chi connectivity index (χ1v) is 10.9. The summed E-state index contributed by atoms with van der Waals surface area (Å²) < 4.78 is 28.9. The van der Waals surface area contributed by atoms with E-state index in [4.69, 9.17) is 0 Å². The first-order valence-electron chi connectivity index (χ1n) is 10.9. The summed E-state index contributed by atoms with van der Waals surface area (Å²) in [6, 6.07) is 11.0. The molecule has 148 valence electrons. The van der Waals surface area contributed by atoms with Crippen molar-refractivity contribution in [3.63, 3.8) is 0 Å². The second-order valence-corrected chi connectivity index (χ2v) is 8.59. The van der Waals surface area contributed by atoms with E-state index >= 15 is 0 Å². The molecule has 0 saturated heterocycles. The molecule has 4 rings (SSSR count). The molecule has 0 bridgehead atoms. The lowest BCUT2D eigenvalue weighted by Gasteiger charge is -2.29. The van der Waals surface area contributed by atoms with Crippen LogP contribution >= 0.6 is 0 Å². The van der Waals surface area contributed by atoms with E-state index in [0.717, 1.165) is 28.2 Å². The summed E-state index contributed by atoms with van der Waals surface area (Å²) >= 11 is 0. The van der Waals surface area contributed by atoms with Gasteiger partial charge in [0.05, 0.1) is 0 Å². The highest BCUT2D eigenvalue weighted by molar-refractivity contribution is 5.71. The minimum atomic E-state index is -0.154. The Morgan fingerprint density at radius 3 is 2.54 bits per heavy atom. The maximum Gasteiger partial charge on any atom is 0.130 e. The van der Waals surface area contributed by atoms with Crippen molar-refractivity contribution < 1.29 is 8.78 Å². The molecule has 2 heteroatoms. The van der Waals surface area contributed by atoms with Crippen molar-refractivity contribution in [2.24, 2.45) is 5.92 Å². The van der Waals surface area contributed by atoms with E-state index in [1.54, 1.807) is 12.1 Å². The number of hydrogen-bond donors (Lipinski definition) is 0. The molecule has 2 aromatic rings. The number of benzene rings is 2. The van der Waals surface area contributed by atoms with Gasteiger partial charge in [-0.3, -0.25) is 0 Å². The third-order valence-electron chi connectivity index (χ3n) is 6.77. The molecule has 0 aliphatic heterocycles. The van der Waals surface area contributed by atoms with E-state index in [-0.39, 0.29) is 11.6 Å². The Hall–Kier alpha value is -1.96. The lowest BCUT2D eigenvalue weighted by atomic mass is 9.76. The molecular weight excluding hydrogens is 350 g/mol. The molecule has 2 aliphatic carbocycles. The van der Waals surface area contributed by atoms with Gasteiger partial charge >= 0.3 is 0 Å². The molecule has 1 saturated carbocycles. The molecule has 2 aromatic carbocycles. The Bertz CT molecular complexity index is 857. The molecule has 0 unspecified atom stereocenters. The van der Waals surface area contributed by atoms with Gasteiger partial charge in [-0.2, -0.15) is 0 Å². The fraction of sp³-hybridized carbons (Fsp3) is 0.462. The Balaban J connectivity index is 1.45. The standard InChI is InChI=1S/C26H30F2/c1-2-3-5-18-8-10-19(11-9-18)20-12-14-24(26(28)17-20)22-13-15-23-21(16-22)6-4-7-25(23)27/h4,6-7,12-14,17-19H,2-3,5,8-11,15-16H2,1H3. The van der Waals surface area contributed by atoms with Crippen molar-refractivity contribution >= 4 is 5.57 Å². The second kappa shape index (κ2) is 8.59. The van der Waals surface area contributed by atoms with Crippen LogP contribution in [-0.4, -0.2) is 0 Å². The highest BCUT2D eigenvalue weighted by atomic mass is 19.1. The minimum Gasteiger partial charge on any atom is -0.207 e. The Morgan fingerprint density at radius 2 is 1.79 bits per heavy atom. The highest BCUT2D eigenvalue weighted by Crippen LogP contribution is 2.39. The third-order valence-corrected chi connectivity index (χ3v) is 6.77. The van der Waals surface area contributed by atoms with Gasteiger partial charge in [0.15, 0.2) is 0 Å². The first-order chi connectivity index (χ1) is 13.7. The molecule has 0 N–H and O–H groups in total. The molecule has 1 fully saturated rings. The molecule has 0 aromatic heterocycles. The highest BCUT2D eigenvalue weighted by Gasteiger charge is 2.23. The van der Waals surface area contributed by atoms with Gasteiger partial charge in [0.1, 0.15) is 11.6 Å². The van der Waals surface area contributed by atoms with E-state index in [2.05, 4.69) is 13.0 Å². The van der Waals surface area contributed by atoms with Crippen LogP contribution in [-0.2, 0) is 12.8 Å². The Kier molecular flexibility index (Phi) is 5.94. The first kappa shape index (κ1) is 19.4. The quantitative estimate of drug-likeness (QED) is 0.501. The van der Waals surface area contributed by atoms with E-state index < -0.39 is 0 Å². The Labute approximate surface area is 167 Å². The van der Waals surface area contributed by atoms with Crippen LogP contribution in [0.3, 0.4) is 0 Å². The van der Waals surface area contributed by atoms with Crippen LogP contribution in [0.2, 0.25) is 0 Å². The molecule has 0 atom stereocenters. The molecule has 0 heterocycles. The van der Waals surface area contributed by atoms with Crippen LogP contribution in [0.1, 0.15) is 80.0 Å². The largest absolute Gasteiger partial charge is 0.207 e. The average Bonchev–Trinajstić information content (AvgIpc) is 2.72. The van der Waals surface area contributed by atoms with E-state index in [0.29, 0.717) is 24.3 Å². The van der Waals surface area contributed by atoms with Crippen LogP contribution in [0.4, 0.5) is 8.78 Å². The van der Waals surface area contributed by atoms with Crippen molar-refractivity contribution in [1.82, 2.24) is 0 Å². The lowest BCUT2D eigenvalue weighted by Crippen LogP contribution is -2.14. The van der Waals surface area contributed by atoms with Gasteiger partial charge in [0.25, 0.3) is 0 Å². The molecule has 0 amide bonds. The van der Waals surface area contributed by atoms with Gasteiger partial charge in [-0.25, -0.2) is 8.78 Å².